The molecule has 1 atom stereocenters. The molecule has 0 saturated carbocycles. The Kier molecular flexibility index (Phi) is 4.04. The van der Waals surface area contributed by atoms with Gasteiger partial charge in [-0.25, -0.2) is 0 Å². The number of aliphatic hydroxyl groups is 1. The van der Waals surface area contributed by atoms with Crippen molar-refractivity contribution >= 4 is 0 Å². The van der Waals surface area contributed by atoms with Crippen molar-refractivity contribution in [2.24, 2.45) is 0 Å². The summed E-state index contributed by atoms with van der Waals surface area (Å²) in [5, 5.41) is 30.3. The molecule has 0 aliphatic carbocycles. The van der Waals surface area contributed by atoms with Crippen LogP contribution in [-0.4, -0.2) is 21.9 Å². The van der Waals surface area contributed by atoms with E-state index < -0.39 is 5.41 Å². The fraction of sp³-hybridized carbons (Fsp3) is 0.100. The minimum atomic E-state index is -0.902. The number of rotatable bonds is 4. The second-order valence-corrected chi connectivity index (χ2v) is 5.49. The molecule has 23 heavy (non-hydrogen) atoms. The quantitative estimate of drug-likeness (QED) is 0.647. The van der Waals surface area contributed by atoms with Gasteiger partial charge in [-0.2, -0.15) is 0 Å². The molecule has 0 heterocycles. The molecular formula is C20H18O3. The number of phenols is 2. The van der Waals surface area contributed by atoms with Crippen molar-refractivity contribution in [3.63, 3.8) is 0 Å². The van der Waals surface area contributed by atoms with E-state index in [-0.39, 0.29) is 18.1 Å². The summed E-state index contributed by atoms with van der Waals surface area (Å²) in [5.74, 6) is 0.282. The van der Waals surface area contributed by atoms with Gasteiger partial charge in [-0.15, -0.1) is 0 Å². The Labute approximate surface area is 135 Å². The predicted octanol–water partition coefficient (Wildman–Crippen LogP) is 3.42. The number of para-hydroxylation sites is 1. The van der Waals surface area contributed by atoms with E-state index in [2.05, 4.69) is 0 Å². The summed E-state index contributed by atoms with van der Waals surface area (Å²) in [6.45, 7) is -0.209. The first-order valence-electron chi connectivity index (χ1n) is 7.43. The molecule has 0 amide bonds. The second kappa shape index (κ2) is 6.15. The highest BCUT2D eigenvalue weighted by atomic mass is 16.3. The van der Waals surface area contributed by atoms with E-state index in [1.54, 1.807) is 36.4 Å². The molecule has 0 saturated heterocycles. The van der Waals surface area contributed by atoms with Crippen LogP contribution in [-0.2, 0) is 5.41 Å². The highest BCUT2D eigenvalue weighted by molar-refractivity contribution is 5.55. The smallest absolute Gasteiger partial charge is 0.120 e. The van der Waals surface area contributed by atoms with Crippen molar-refractivity contribution < 1.29 is 15.3 Å². The SMILES string of the molecule is OCC(c1ccccc1)(c1ccc(O)cc1)c1ccccc1O. The molecule has 0 aliphatic heterocycles. The van der Waals surface area contributed by atoms with Crippen LogP contribution in [0, 0.1) is 0 Å². The van der Waals surface area contributed by atoms with Gasteiger partial charge in [-0.05, 0) is 29.3 Å². The highest BCUT2D eigenvalue weighted by Gasteiger charge is 2.37. The first kappa shape index (κ1) is 15.1. The molecule has 0 spiro atoms. The van der Waals surface area contributed by atoms with E-state index in [0.29, 0.717) is 5.56 Å². The van der Waals surface area contributed by atoms with Crippen LogP contribution in [0.25, 0.3) is 0 Å². The third-order valence-corrected chi connectivity index (χ3v) is 4.23. The zero-order valence-corrected chi connectivity index (χ0v) is 12.6. The number of aromatic hydroxyl groups is 2. The predicted molar refractivity (Wildman–Crippen MR) is 89.6 cm³/mol. The summed E-state index contributed by atoms with van der Waals surface area (Å²) in [4.78, 5) is 0. The fourth-order valence-corrected chi connectivity index (χ4v) is 3.05. The maximum atomic E-state index is 10.4. The van der Waals surface area contributed by atoms with Crippen molar-refractivity contribution in [1.82, 2.24) is 0 Å². The van der Waals surface area contributed by atoms with E-state index in [0.717, 1.165) is 11.1 Å². The molecule has 3 N–H and O–H groups in total. The van der Waals surface area contributed by atoms with Crippen LogP contribution < -0.4 is 0 Å². The van der Waals surface area contributed by atoms with E-state index in [1.807, 2.05) is 42.5 Å². The molecule has 3 rings (SSSR count). The van der Waals surface area contributed by atoms with Crippen molar-refractivity contribution in [3.05, 3.63) is 95.6 Å². The third-order valence-electron chi connectivity index (χ3n) is 4.23. The van der Waals surface area contributed by atoms with Crippen molar-refractivity contribution in [3.8, 4) is 11.5 Å². The standard InChI is InChI=1S/C20H18O3/c21-14-20(15-6-2-1-3-7-15,16-10-12-17(22)13-11-16)18-8-4-5-9-19(18)23/h1-13,21-23H,14H2. The van der Waals surface area contributed by atoms with Crippen LogP contribution in [0.2, 0.25) is 0 Å². The summed E-state index contributed by atoms with van der Waals surface area (Å²) in [7, 11) is 0. The summed E-state index contributed by atoms with van der Waals surface area (Å²) in [6, 6.07) is 23.3. The van der Waals surface area contributed by atoms with Crippen LogP contribution in [0.1, 0.15) is 16.7 Å². The topological polar surface area (TPSA) is 60.7 Å². The normalized spacial score (nSPS) is 13.4. The first-order valence-corrected chi connectivity index (χ1v) is 7.43. The Balaban J connectivity index is 2.33. The Bertz CT molecular complexity index is 781. The van der Waals surface area contributed by atoms with Gasteiger partial charge in [0.25, 0.3) is 0 Å². The Morgan fingerprint density at radius 2 is 1.22 bits per heavy atom. The first-order chi connectivity index (χ1) is 11.2. The third kappa shape index (κ3) is 2.56. The lowest BCUT2D eigenvalue weighted by molar-refractivity contribution is 0.240. The largest absolute Gasteiger partial charge is 0.508 e. The summed E-state index contributed by atoms with van der Waals surface area (Å²) >= 11 is 0. The monoisotopic (exact) mass is 306 g/mol. The van der Waals surface area contributed by atoms with E-state index in [4.69, 9.17) is 0 Å². The zero-order valence-electron chi connectivity index (χ0n) is 12.6. The Hall–Kier alpha value is -2.78. The van der Waals surface area contributed by atoms with Crippen molar-refractivity contribution in [1.29, 1.82) is 0 Å². The number of aliphatic hydroxyl groups excluding tert-OH is 1. The molecule has 3 aromatic carbocycles. The van der Waals surface area contributed by atoms with Gasteiger partial charge < -0.3 is 15.3 Å². The van der Waals surface area contributed by atoms with Gasteiger partial charge >= 0.3 is 0 Å². The van der Waals surface area contributed by atoms with Gasteiger partial charge in [0.05, 0.1) is 12.0 Å². The van der Waals surface area contributed by atoms with Gasteiger partial charge in [0.15, 0.2) is 0 Å². The minimum absolute atomic E-state index is 0.124. The van der Waals surface area contributed by atoms with E-state index in [9.17, 15) is 15.3 Å². The summed E-state index contributed by atoms with van der Waals surface area (Å²) in [5.41, 5.74) is 1.39. The molecule has 0 bridgehead atoms. The summed E-state index contributed by atoms with van der Waals surface area (Å²) < 4.78 is 0. The molecule has 0 fully saturated rings. The van der Waals surface area contributed by atoms with Gasteiger partial charge in [-0.1, -0.05) is 60.7 Å². The molecule has 0 aromatic heterocycles. The zero-order chi connectivity index (χ0) is 16.3. The van der Waals surface area contributed by atoms with Crippen LogP contribution in [0.15, 0.2) is 78.9 Å². The molecule has 3 nitrogen and oxygen atoms in total. The molecule has 0 radical (unpaired) electrons. The number of phenolic OH excluding ortho intramolecular Hbond substituents is 2. The Morgan fingerprint density at radius 3 is 1.83 bits per heavy atom. The molecule has 3 heteroatoms. The average molecular weight is 306 g/mol. The van der Waals surface area contributed by atoms with Gasteiger partial charge in [0.2, 0.25) is 0 Å². The minimum Gasteiger partial charge on any atom is -0.508 e. The van der Waals surface area contributed by atoms with Gasteiger partial charge in [0.1, 0.15) is 11.5 Å². The molecular weight excluding hydrogens is 288 g/mol. The van der Waals surface area contributed by atoms with Crippen LogP contribution in [0.4, 0.5) is 0 Å². The summed E-state index contributed by atoms with van der Waals surface area (Å²) in [6.07, 6.45) is 0. The fourth-order valence-electron chi connectivity index (χ4n) is 3.05. The number of benzene rings is 3. The van der Waals surface area contributed by atoms with Gasteiger partial charge in [-0.3, -0.25) is 0 Å². The second-order valence-electron chi connectivity index (χ2n) is 5.49. The number of hydrogen-bond donors (Lipinski definition) is 3. The maximum Gasteiger partial charge on any atom is 0.120 e. The number of hydrogen-bond acceptors (Lipinski definition) is 3. The average Bonchev–Trinajstić information content (AvgIpc) is 2.60. The molecule has 1 unspecified atom stereocenters. The van der Waals surface area contributed by atoms with E-state index >= 15 is 0 Å². The molecule has 0 aliphatic rings. The van der Waals surface area contributed by atoms with Crippen LogP contribution in [0.5, 0.6) is 11.5 Å². The lowest BCUT2D eigenvalue weighted by atomic mass is 9.69. The van der Waals surface area contributed by atoms with Crippen LogP contribution in [0.3, 0.4) is 0 Å². The lowest BCUT2D eigenvalue weighted by Crippen LogP contribution is -2.33. The highest BCUT2D eigenvalue weighted by Crippen LogP contribution is 2.42. The Morgan fingerprint density at radius 1 is 0.652 bits per heavy atom. The van der Waals surface area contributed by atoms with Crippen LogP contribution >= 0.6 is 0 Å². The maximum absolute atomic E-state index is 10.4. The van der Waals surface area contributed by atoms with Crippen molar-refractivity contribution in [2.45, 2.75) is 5.41 Å². The molecule has 3 aromatic rings. The van der Waals surface area contributed by atoms with E-state index in [1.165, 1.54) is 0 Å². The lowest BCUT2D eigenvalue weighted by Gasteiger charge is -2.34. The molecule has 116 valence electrons. The van der Waals surface area contributed by atoms with Gasteiger partial charge in [0, 0.05) is 5.56 Å². The van der Waals surface area contributed by atoms with Crippen molar-refractivity contribution in [2.75, 3.05) is 6.61 Å².